The molecule has 3 aromatic rings. The number of benzene rings is 3. The largest absolute Gasteiger partial charge is 0.488 e. The summed E-state index contributed by atoms with van der Waals surface area (Å²) in [5.41, 5.74) is 5.00. The van der Waals surface area contributed by atoms with Crippen LogP contribution >= 0.6 is 15.9 Å². The number of ether oxygens (including phenoxy) is 1. The highest BCUT2D eigenvalue weighted by molar-refractivity contribution is 9.10. The molecular weight excluding hydrogens is 428 g/mol. The Kier molecular flexibility index (Phi) is 5.20. The quantitative estimate of drug-likeness (QED) is 0.358. The molecule has 0 aliphatic heterocycles. The number of carbonyl (C=O) groups excluding carboxylic acids is 2. The number of halogens is 1. The van der Waals surface area contributed by atoms with E-state index in [1.165, 1.54) is 0 Å². The maximum absolute atomic E-state index is 12.6. The van der Waals surface area contributed by atoms with Gasteiger partial charge in [-0.2, -0.15) is 0 Å². The molecule has 0 fully saturated rings. The highest BCUT2D eigenvalue weighted by Gasteiger charge is 2.32. The number of allylic oxidation sites excluding steroid dienone is 1. The lowest BCUT2D eigenvalue weighted by molar-refractivity contribution is 0.0990. The van der Waals surface area contributed by atoms with Crippen molar-refractivity contribution in [2.45, 2.75) is 20.5 Å². The summed E-state index contributed by atoms with van der Waals surface area (Å²) in [6.07, 6.45) is 1.68. The highest BCUT2D eigenvalue weighted by atomic mass is 79.9. The molecule has 3 nitrogen and oxygen atoms in total. The monoisotopic (exact) mass is 446 g/mol. The predicted octanol–water partition coefficient (Wildman–Crippen LogP) is 6.11. The minimum atomic E-state index is -0.212. The second-order valence-corrected chi connectivity index (χ2v) is 8.08. The van der Waals surface area contributed by atoms with Crippen molar-refractivity contribution in [2.75, 3.05) is 0 Å². The third-order valence-corrected chi connectivity index (χ3v) is 5.52. The van der Waals surface area contributed by atoms with Gasteiger partial charge in [-0.15, -0.1) is 0 Å². The number of hydrogen-bond acceptors (Lipinski definition) is 3. The Morgan fingerprint density at radius 3 is 1.97 bits per heavy atom. The molecule has 0 spiro atoms. The minimum Gasteiger partial charge on any atom is -0.488 e. The Bertz CT molecular complexity index is 1100. The molecule has 1 aliphatic carbocycles. The van der Waals surface area contributed by atoms with Gasteiger partial charge in [0, 0.05) is 15.6 Å². The van der Waals surface area contributed by atoms with Gasteiger partial charge in [-0.25, -0.2) is 0 Å². The lowest BCUT2D eigenvalue weighted by Gasteiger charge is -2.13. The molecule has 0 saturated carbocycles. The molecule has 144 valence electrons. The smallest absolute Gasteiger partial charge is 0.197 e. The second kappa shape index (κ2) is 7.80. The van der Waals surface area contributed by atoms with E-state index in [9.17, 15) is 9.59 Å². The Labute approximate surface area is 178 Å². The minimum absolute atomic E-state index is 0.212. The van der Waals surface area contributed by atoms with Gasteiger partial charge in [0.25, 0.3) is 0 Å². The third kappa shape index (κ3) is 3.81. The number of aryl methyl sites for hydroxylation is 2. The molecule has 4 heteroatoms. The summed E-state index contributed by atoms with van der Waals surface area (Å²) < 4.78 is 7.07. The van der Waals surface area contributed by atoms with Crippen LogP contribution in [0.5, 0.6) is 5.75 Å². The second-order valence-electron chi connectivity index (χ2n) is 7.16. The lowest BCUT2D eigenvalue weighted by Crippen LogP contribution is -2.02. The van der Waals surface area contributed by atoms with Gasteiger partial charge >= 0.3 is 0 Å². The van der Waals surface area contributed by atoms with Crippen LogP contribution in [0.25, 0.3) is 6.08 Å². The maximum atomic E-state index is 12.6. The topological polar surface area (TPSA) is 43.4 Å². The molecule has 0 radical (unpaired) electrons. The van der Waals surface area contributed by atoms with Crippen LogP contribution in [0.3, 0.4) is 0 Å². The first kappa shape index (κ1) is 19.3. The van der Waals surface area contributed by atoms with Crippen LogP contribution in [0.4, 0.5) is 0 Å². The van der Waals surface area contributed by atoms with Gasteiger partial charge in [0.15, 0.2) is 11.6 Å². The van der Waals surface area contributed by atoms with E-state index < -0.39 is 0 Å². The van der Waals surface area contributed by atoms with E-state index >= 15 is 0 Å². The first-order chi connectivity index (χ1) is 13.9. The number of hydrogen-bond donors (Lipinski definition) is 0. The fraction of sp³-hybridized carbons (Fsp3) is 0.120. The molecule has 29 heavy (non-hydrogen) atoms. The van der Waals surface area contributed by atoms with Gasteiger partial charge < -0.3 is 4.74 Å². The fourth-order valence-corrected chi connectivity index (χ4v) is 3.87. The number of fused-ring (bicyclic) bond motifs is 1. The van der Waals surface area contributed by atoms with E-state index in [4.69, 9.17) is 4.74 Å². The van der Waals surface area contributed by atoms with Crippen molar-refractivity contribution >= 4 is 33.6 Å². The average molecular weight is 447 g/mol. The molecule has 0 N–H and O–H groups in total. The summed E-state index contributed by atoms with van der Waals surface area (Å²) >= 11 is 3.43. The van der Waals surface area contributed by atoms with E-state index in [0.29, 0.717) is 17.7 Å². The van der Waals surface area contributed by atoms with Crippen molar-refractivity contribution in [3.05, 3.63) is 104 Å². The van der Waals surface area contributed by atoms with Gasteiger partial charge in [-0.1, -0.05) is 52.3 Å². The molecule has 0 amide bonds. The normalized spacial score (nSPS) is 12.9. The van der Waals surface area contributed by atoms with Gasteiger partial charge in [-0.05, 0) is 66.4 Å². The van der Waals surface area contributed by atoms with Gasteiger partial charge in [-0.3, -0.25) is 9.59 Å². The zero-order chi connectivity index (χ0) is 20.5. The molecule has 0 bridgehead atoms. The van der Waals surface area contributed by atoms with Crippen molar-refractivity contribution in [1.82, 2.24) is 0 Å². The zero-order valence-corrected chi connectivity index (χ0v) is 17.7. The molecule has 0 atom stereocenters. The van der Waals surface area contributed by atoms with Crippen LogP contribution in [0.2, 0.25) is 0 Å². The van der Waals surface area contributed by atoms with Crippen LogP contribution in [-0.4, -0.2) is 11.6 Å². The van der Waals surface area contributed by atoms with Crippen LogP contribution in [-0.2, 0) is 6.61 Å². The summed E-state index contributed by atoms with van der Waals surface area (Å²) in [4.78, 5) is 25.2. The van der Waals surface area contributed by atoms with E-state index in [1.807, 2.05) is 50.2 Å². The van der Waals surface area contributed by atoms with Crippen LogP contribution < -0.4 is 4.74 Å². The summed E-state index contributed by atoms with van der Waals surface area (Å²) in [6, 6.07) is 18.9. The van der Waals surface area contributed by atoms with Crippen molar-refractivity contribution < 1.29 is 14.3 Å². The Morgan fingerprint density at radius 2 is 1.41 bits per heavy atom. The SMILES string of the molecule is Cc1cc(C=C2C(=O)c3ccccc3C2=O)cc(C)c1OCc1ccc(Br)cc1. The number of Topliss-reactive ketones (excluding diaryl/α,β-unsaturated/α-hetero) is 2. The van der Waals surface area contributed by atoms with E-state index in [2.05, 4.69) is 15.9 Å². The summed E-state index contributed by atoms with van der Waals surface area (Å²) in [5.74, 6) is 0.398. The van der Waals surface area contributed by atoms with Crippen LogP contribution in [0, 0.1) is 13.8 Å². The average Bonchev–Trinajstić information content (AvgIpc) is 2.94. The Hall–Kier alpha value is -2.98. The van der Waals surface area contributed by atoms with Crippen molar-refractivity contribution in [1.29, 1.82) is 0 Å². The zero-order valence-electron chi connectivity index (χ0n) is 16.2. The van der Waals surface area contributed by atoms with Crippen molar-refractivity contribution in [3.8, 4) is 5.75 Å². The van der Waals surface area contributed by atoms with Crippen molar-refractivity contribution in [2.24, 2.45) is 0 Å². The molecule has 0 saturated heterocycles. The first-order valence-corrected chi connectivity index (χ1v) is 10.1. The summed E-state index contributed by atoms with van der Waals surface area (Å²) in [7, 11) is 0. The van der Waals surface area contributed by atoms with Crippen molar-refractivity contribution in [3.63, 3.8) is 0 Å². The highest BCUT2D eigenvalue weighted by Crippen LogP contribution is 2.30. The first-order valence-electron chi connectivity index (χ1n) is 9.32. The van der Waals surface area contributed by atoms with E-state index in [0.717, 1.165) is 32.5 Å². The molecule has 0 aromatic heterocycles. The third-order valence-electron chi connectivity index (χ3n) is 5.00. The molecule has 0 heterocycles. The molecule has 4 rings (SSSR count). The standard InChI is InChI=1S/C25H19BrO3/c1-15-11-18(13-22-23(27)20-5-3-4-6-21(20)24(22)28)12-16(2)25(15)29-14-17-7-9-19(26)10-8-17/h3-13H,14H2,1-2H3. The van der Waals surface area contributed by atoms with E-state index in [1.54, 1.807) is 30.3 Å². The fourth-order valence-electron chi connectivity index (χ4n) is 3.60. The molecular formula is C25H19BrO3. The number of ketones is 2. The van der Waals surface area contributed by atoms with Gasteiger partial charge in [0.2, 0.25) is 0 Å². The summed E-state index contributed by atoms with van der Waals surface area (Å²) in [6.45, 7) is 4.42. The molecule has 1 aliphatic rings. The molecule has 3 aromatic carbocycles. The Balaban J connectivity index is 1.59. The van der Waals surface area contributed by atoms with Gasteiger partial charge in [0.1, 0.15) is 12.4 Å². The lowest BCUT2D eigenvalue weighted by atomic mass is 10.0. The Morgan fingerprint density at radius 1 is 0.862 bits per heavy atom. The maximum Gasteiger partial charge on any atom is 0.197 e. The summed E-state index contributed by atoms with van der Waals surface area (Å²) in [5, 5.41) is 0. The van der Waals surface area contributed by atoms with Crippen LogP contribution in [0.1, 0.15) is 43.0 Å². The number of carbonyl (C=O) groups is 2. The van der Waals surface area contributed by atoms with Crippen LogP contribution in [0.15, 0.2) is 70.7 Å². The number of rotatable bonds is 4. The predicted molar refractivity (Wildman–Crippen MR) is 117 cm³/mol. The van der Waals surface area contributed by atoms with Gasteiger partial charge in [0.05, 0.1) is 5.57 Å². The molecule has 0 unspecified atom stereocenters. The van der Waals surface area contributed by atoms with E-state index in [-0.39, 0.29) is 17.1 Å².